The number of carbonyl (C=O) groups is 1. The highest BCUT2D eigenvalue weighted by molar-refractivity contribution is 9.10. The normalized spacial score (nSPS) is 10.2. The molecule has 0 fully saturated rings. The van der Waals surface area contributed by atoms with Gasteiger partial charge in [0.1, 0.15) is 5.75 Å². The van der Waals surface area contributed by atoms with E-state index in [0.717, 1.165) is 14.5 Å². The maximum Gasteiger partial charge on any atom is 0.255 e. The number of phenols is 1. The summed E-state index contributed by atoms with van der Waals surface area (Å²) in [5.41, 5.74) is 1.26. The van der Waals surface area contributed by atoms with Crippen LogP contribution in [0, 0.1) is 0 Å². The molecule has 2 aromatic rings. The Bertz CT molecular complexity index is 597. The molecule has 1 amide bonds. The summed E-state index contributed by atoms with van der Waals surface area (Å²) < 4.78 is 1.72. The third-order valence-corrected chi connectivity index (χ3v) is 3.59. The summed E-state index contributed by atoms with van der Waals surface area (Å²) in [6.45, 7) is 0.418. The topological polar surface area (TPSA) is 49.3 Å². The van der Waals surface area contributed by atoms with Crippen LogP contribution in [0.3, 0.4) is 0 Å². The third-order valence-electron chi connectivity index (χ3n) is 2.57. The second-order valence-electron chi connectivity index (χ2n) is 3.97. The summed E-state index contributed by atoms with van der Waals surface area (Å²) in [5.74, 6) is -0.337. The number of rotatable bonds is 3. The molecule has 0 aromatic heterocycles. The van der Waals surface area contributed by atoms with Gasteiger partial charge in [-0.25, -0.2) is 0 Å². The quantitative estimate of drug-likeness (QED) is 0.844. The van der Waals surface area contributed by atoms with Crippen molar-refractivity contribution in [2.45, 2.75) is 6.54 Å². The van der Waals surface area contributed by atoms with Crippen molar-refractivity contribution in [1.82, 2.24) is 5.32 Å². The first-order valence-electron chi connectivity index (χ1n) is 5.57. The van der Waals surface area contributed by atoms with Gasteiger partial charge in [-0.3, -0.25) is 4.79 Å². The van der Waals surface area contributed by atoms with Gasteiger partial charge in [0.2, 0.25) is 0 Å². The maximum atomic E-state index is 11.9. The second kappa shape index (κ2) is 6.21. The summed E-state index contributed by atoms with van der Waals surface area (Å²) in [7, 11) is 0. The molecule has 0 saturated carbocycles. The van der Waals surface area contributed by atoms with Crippen LogP contribution in [0.2, 0.25) is 0 Å². The number of benzene rings is 2. The molecule has 0 aliphatic carbocycles. The van der Waals surface area contributed by atoms with Crippen LogP contribution in [0.25, 0.3) is 0 Å². The van der Waals surface area contributed by atoms with Crippen molar-refractivity contribution < 1.29 is 9.90 Å². The van der Waals surface area contributed by atoms with E-state index in [2.05, 4.69) is 37.2 Å². The predicted molar refractivity (Wildman–Crippen MR) is 81.1 cm³/mol. The maximum absolute atomic E-state index is 11.9. The van der Waals surface area contributed by atoms with Crippen molar-refractivity contribution in [3.05, 3.63) is 62.5 Å². The molecule has 19 heavy (non-hydrogen) atoms. The number of phenolic OH excluding ortho intramolecular Hbond substituents is 1. The average Bonchev–Trinajstić information content (AvgIpc) is 2.37. The van der Waals surface area contributed by atoms with E-state index in [1.165, 1.54) is 6.07 Å². The molecule has 0 atom stereocenters. The van der Waals surface area contributed by atoms with E-state index >= 15 is 0 Å². The van der Waals surface area contributed by atoms with Crippen LogP contribution in [0.1, 0.15) is 15.9 Å². The van der Waals surface area contributed by atoms with Gasteiger partial charge in [-0.2, -0.15) is 0 Å². The number of amides is 1. The van der Waals surface area contributed by atoms with Crippen LogP contribution in [-0.4, -0.2) is 11.0 Å². The Labute approximate surface area is 127 Å². The van der Waals surface area contributed by atoms with Crippen LogP contribution < -0.4 is 5.32 Å². The minimum atomic E-state index is -0.298. The summed E-state index contributed by atoms with van der Waals surface area (Å²) in [6.07, 6.45) is 0. The lowest BCUT2D eigenvalue weighted by Crippen LogP contribution is -2.22. The van der Waals surface area contributed by atoms with Crippen molar-refractivity contribution in [3.8, 4) is 5.75 Å². The zero-order valence-corrected chi connectivity index (χ0v) is 13.0. The van der Waals surface area contributed by atoms with E-state index in [9.17, 15) is 9.90 Å². The monoisotopic (exact) mass is 383 g/mol. The lowest BCUT2D eigenvalue weighted by atomic mass is 10.1. The second-order valence-corrected chi connectivity index (χ2v) is 5.80. The van der Waals surface area contributed by atoms with Gasteiger partial charge in [0.25, 0.3) is 5.91 Å². The van der Waals surface area contributed by atoms with E-state index < -0.39 is 0 Å². The fourth-order valence-electron chi connectivity index (χ4n) is 1.58. The summed E-state index contributed by atoms with van der Waals surface area (Å²) in [5, 5.41) is 12.5. The van der Waals surface area contributed by atoms with Crippen molar-refractivity contribution in [2.75, 3.05) is 0 Å². The van der Waals surface area contributed by atoms with Gasteiger partial charge < -0.3 is 10.4 Å². The predicted octanol–water partition coefficient (Wildman–Crippen LogP) is 3.85. The zero-order chi connectivity index (χ0) is 13.8. The Morgan fingerprint density at radius 1 is 1.05 bits per heavy atom. The molecular formula is C14H11Br2NO2. The van der Waals surface area contributed by atoms with Crippen molar-refractivity contribution in [3.63, 3.8) is 0 Å². The SMILES string of the molecule is O=C(NCc1ccc(Br)cc1)c1ccc(Br)cc1O. The fraction of sp³-hybridized carbons (Fsp3) is 0.0714. The molecule has 3 nitrogen and oxygen atoms in total. The Morgan fingerprint density at radius 3 is 2.32 bits per heavy atom. The van der Waals surface area contributed by atoms with Crippen molar-refractivity contribution in [1.29, 1.82) is 0 Å². The first-order chi connectivity index (χ1) is 9.06. The van der Waals surface area contributed by atoms with Gasteiger partial charge in [-0.1, -0.05) is 44.0 Å². The van der Waals surface area contributed by atoms with Crippen LogP contribution in [0.15, 0.2) is 51.4 Å². The lowest BCUT2D eigenvalue weighted by Gasteiger charge is -2.07. The van der Waals surface area contributed by atoms with E-state index in [1.54, 1.807) is 12.1 Å². The first kappa shape index (κ1) is 14.1. The third kappa shape index (κ3) is 3.81. The largest absolute Gasteiger partial charge is 0.507 e. The highest BCUT2D eigenvalue weighted by Crippen LogP contribution is 2.22. The minimum Gasteiger partial charge on any atom is -0.507 e. The van der Waals surface area contributed by atoms with Gasteiger partial charge in [-0.15, -0.1) is 0 Å². The van der Waals surface area contributed by atoms with Crippen LogP contribution >= 0.6 is 31.9 Å². The van der Waals surface area contributed by atoms with E-state index in [0.29, 0.717) is 6.54 Å². The van der Waals surface area contributed by atoms with E-state index in [1.807, 2.05) is 24.3 Å². The molecule has 0 aliphatic rings. The Kier molecular flexibility index (Phi) is 4.61. The Morgan fingerprint density at radius 2 is 1.68 bits per heavy atom. The number of carbonyl (C=O) groups excluding carboxylic acids is 1. The number of aromatic hydroxyl groups is 1. The number of hydrogen-bond donors (Lipinski definition) is 2. The van der Waals surface area contributed by atoms with Crippen LogP contribution in [0.5, 0.6) is 5.75 Å². The summed E-state index contributed by atoms with van der Waals surface area (Å²) >= 11 is 6.59. The van der Waals surface area contributed by atoms with E-state index in [4.69, 9.17) is 0 Å². The van der Waals surface area contributed by atoms with Gasteiger partial charge >= 0.3 is 0 Å². The van der Waals surface area contributed by atoms with Gasteiger partial charge in [0, 0.05) is 15.5 Å². The molecule has 2 aromatic carbocycles. The Balaban J connectivity index is 2.03. The molecule has 0 spiro atoms. The highest BCUT2D eigenvalue weighted by atomic mass is 79.9. The molecule has 2 N–H and O–H groups in total. The lowest BCUT2D eigenvalue weighted by molar-refractivity contribution is 0.0948. The van der Waals surface area contributed by atoms with E-state index in [-0.39, 0.29) is 17.2 Å². The number of halogens is 2. The average molecular weight is 385 g/mol. The molecule has 5 heteroatoms. The number of nitrogens with one attached hydrogen (secondary N) is 1. The molecule has 0 saturated heterocycles. The number of hydrogen-bond acceptors (Lipinski definition) is 2. The van der Waals surface area contributed by atoms with Crippen molar-refractivity contribution in [2.24, 2.45) is 0 Å². The smallest absolute Gasteiger partial charge is 0.255 e. The van der Waals surface area contributed by atoms with Gasteiger partial charge in [0.15, 0.2) is 0 Å². The van der Waals surface area contributed by atoms with Crippen molar-refractivity contribution >= 4 is 37.8 Å². The summed E-state index contributed by atoms with van der Waals surface area (Å²) in [4.78, 5) is 11.9. The summed E-state index contributed by atoms with van der Waals surface area (Å²) in [6, 6.07) is 12.5. The molecule has 0 heterocycles. The van der Waals surface area contributed by atoms with Crippen LogP contribution in [-0.2, 0) is 6.54 Å². The van der Waals surface area contributed by atoms with Gasteiger partial charge in [-0.05, 0) is 35.9 Å². The molecule has 0 aliphatic heterocycles. The fourth-order valence-corrected chi connectivity index (χ4v) is 2.19. The molecule has 0 radical (unpaired) electrons. The highest BCUT2D eigenvalue weighted by Gasteiger charge is 2.10. The van der Waals surface area contributed by atoms with Crippen LogP contribution in [0.4, 0.5) is 0 Å². The first-order valence-corrected chi connectivity index (χ1v) is 7.16. The molecular weight excluding hydrogens is 374 g/mol. The Hall–Kier alpha value is -1.33. The minimum absolute atomic E-state index is 0.0392. The zero-order valence-electron chi connectivity index (χ0n) is 9.86. The standard InChI is InChI=1S/C14H11Br2NO2/c15-10-3-1-9(2-4-10)8-17-14(19)12-6-5-11(16)7-13(12)18/h1-7,18H,8H2,(H,17,19). The molecule has 0 bridgehead atoms. The molecule has 2 rings (SSSR count). The van der Waals surface area contributed by atoms with Gasteiger partial charge in [0.05, 0.1) is 5.56 Å². The molecule has 0 unspecified atom stereocenters. The molecule has 98 valence electrons.